The molecule has 2 atom stereocenters. The van der Waals surface area contributed by atoms with E-state index in [1.54, 1.807) is 11.1 Å². The molecule has 2 fully saturated rings. The first-order chi connectivity index (χ1) is 10.7. The molecule has 1 nitrogen and oxygen atoms in total. The SMILES string of the molecule is CP(=O)(C1=C2CCCCC2=C2CCC[C@@H]2C1)c1ccccc1. The predicted octanol–water partition coefficient (Wildman–Crippen LogP) is 5.63. The summed E-state index contributed by atoms with van der Waals surface area (Å²) in [5.41, 5.74) is 4.88. The first-order valence-corrected chi connectivity index (χ1v) is 10.9. The number of allylic oxidation sites excluding steroid dienone is 4. The molecule has 1 aromatic carbocycles. The van der Waals surface area contributed by atoms with Gasteiger partial charge in [-0.3, -0.25) is 0 Å². The van der Waals surface area contributed by atoms with E-state index in [0.717, 1.165) is 18.1 Å². The number of benzene rings is 1. The van der Waals surface area contributed by atoms with Gasteiger partial charge in [-0.1, -0.05) is 35.9 Å². The van der Waals surface area contributed by atoms with E-state index in [0.29, 0.717) is 5.92 Å². The van der Waals surface area contributed by atoms with Crippen LogP contribution in [-0.4, -0.2) is 6.66 Å². The highest BCUT2D eigenvalue weighted by molar-refractivity contribution is 7.74. The third-order valence-electron chi connectivity index (χ3n) is 5.90. The quantitative estimate of drug-likeness (QED) is 0.646. The maximum absolute atomic E-state index is 13.7. The van der Waals surface area contributed by atoms with Crippen LogP contribution >= 0.6 is 7.14 Å². The first-order valence-electron chi connectivity index (χ1n) is 8.76. The molecule has 0 spiro atoms. The molecule has 4 rings (SSSR count). The van der Waals surface area contributed by atoms with Crippen molar-refractivity contribution in [2.24, 2.45) is 5.92 Å². The fraction of sp³-hybridized carbons (Fsp3) is 0.500. The average molecular weight is 312 g/mol. The summed E-state index contributed by atoms with van der Waals surface area (Å²) in [7, 11) is -2.41. The number of fused-ring (bicyclic) bond motifs is 2. The van der Waals surface area contributed by atoms with E-state index in [2.05, 4.69) is 12.1 Å². The molecule has 0 aromatic heterocycles. The van der Waals surface area contributed by atoms with Crippen molar-refractivity contribution < 1.29 is 4.57 Å². The lowest BCUT2D eigenvalue weighted by Gasteiger charge is -2.34. The third-order valence-corrected chi connectivity index (χ3v) is 8.67. The summed E-state index contributed by atoms with van der Waals surface area (Å²) in [5.74, 6) is 0.698. The Bertz CT molecular complexity index is 696. The van der Waals surface area contributed by atoms with Gasteiger partial charge in [0, 0.05) is 5.30 Å². The van der Waals surface area contributed by atoms with Gasteiger partial charge in [0.1, 0.15) is 7.14 Å². The summed E-state index contributed by atoms with van der Waals surface area (Å²) in [6.07, 6.45) is 10.0. The Labute approximate surface area is 133 Å². The lowest BCUT2D eigenvalue weighted by molar-refractivity contribution is 0.562. The van der Waals surface area contributed by atoms with Crippen LogP contribution in [0.25, 0.3) is 0 Å². The Morgan fingerprint density at radius 1 is 0.955 bits per heavy atom. The van der Waals surface area contributed by atoms with Gasteiger partial charge in [0.2, 0.25) is 0 Å². The van der Waals surface area contributed by atoms with Crippen LogP contribution in [0.2, 0.25) is 0 Å². The van der Waals surface area contributed by atoms with Crippen molar-refractivity contribution in [1.29, 1.82) is 0 Å². The highest BCUT2D eigenvalue weighted by Gasteiger charge is 2.38. The van der Waals surface area contributed by atoms with Gasteiger partial charge in [-0.05, 0) is 80.4 Å². The topological polar surface area (TPSA) is 17.1 Å². The number of hydrogen-bond donors (Lipinski definition) is 0. The molecule has 1 unspecified atom stereocenters. The molecule has 0 radical (unpaired) electrons. The summed E-state index contributed by atoms with van der Waals surface area (Å²) in [5, 5.41) is 2.37. The minimum Gasteiger partial charge on any atom is -0.314 e. The maximum Gasteiger partial charge on any atom is 0.136 e. The van der Waals surface area contributed by atoms with Crippen molar-refractivity contribution in [3.8, 4) is 0 Å². The second-order valence-electron chi connectivity index (χ2n) is 7.19. The van der Waals surface area contributed by atoms with E-state index in [-0.39, 0.29) is 0 Å². The van der Waals surface area contributed by atoms with Gasteiger partial charge in [-0.25, -0.2) is 0 Å². The van der Waals surface area contributed by atoms with E-state index in [4.69, 9.17) is 0 Å². The highest BCUT2D eigenvalue weighted by Crippen LogP contribution is 2.60. The molecule has 0 saturated heterocycles. The van der Waals surface area contributed by atoms with Crippen molar-refractivity contribution in [2.45, 2.75) is 51.4 Å². The van der Waals surface area contributed by atoms with Crippen LogP contribution in [0.1, 0.15) is 51.4 Å². The molecule has 0 amide bonds. The minimum absolute atomic E-state index is 0.698. The summed E-state index contributed by atoms with van der Waals surface area (Å²) < 4.78 is 13.7. The summed E-state index contributed by atoms with van der Waals surface area (Å²) >= 11 is 0. The van der Waals surface area contributed by atoms with Crippen LogP contribution in [0.3, 0.4) is 0 Å². The second-order valence-corrected chi connectivity index (χ2v) is 10.1. The third kappa shape index (κ3) is 2.26. The van der Waals surface area contributed by atoms with Crippen LogP contribution in [0.15, 0.2) is 52.4 Å². The van der Waals surface area contributed by atoms with Gasteiger partial charge in [0.25, 0.3) is 0 Å². The maximum atomic E-state index is 13.7. The summed E-state index contributed by atoms with van der Waals surface area (Å²) in [6.45, 7) is 2.01. The van der Waals surface area contributed by atoms with Gasteiger partial charge in [0.15, 0.2) is 0 Å². The van der Waals surface area contributed by atoms with Crippen LogP contribution in [-0.2, 0) is 4.57 Å². The van der Waals surface area contributed by atoms with E-state index < -0.39 is 7.14 Å². The van der Waals surface area contributed by atoms with E-state index in [9.17, 15) is 4.57 Å². The molecule has 3 aliphatic carbocycles. The molecule has 0 bridgehead atoms. The average Bonchev–Trinajstić information content (AvgIpc) is 3.04. The van der Waals surface area contributed by atoms with Crippen molar-refractivity contribution >= 4 is 12.4 Å². The van der Waals surface area contributed by atoms with Crippen LogP contribution in [0, 0.1) is 5.92 Å². The van der Waals surface area contributed by atoms with Gasteiger partial charge < -0.3 is 4.57 Å². The summed E-state index contributed by atoms with van der Waals surface area (Å²) in [4.78, 5) is 0. The van der Waals surface area contributed by atoms with Crippen molar-refractivity contribution in [1.82, 2.24) is 0 Å². The Balaban J connectivity index is 1.85. The Morgan fingerprint density at radius 3 is 2.45 bits per heavy atom. The Hall–Kier alpha value is -1.07. The van der Waals surface area contributed by atoms with Crippen molar-refractivity contribution in [3.63, 3.8) is 0 Å². The molecule has 3 aliphatic rings. The molecular weight excluding hydrogens is 287 g/mol. The molecule has 22 heavy (non-hydrogen) atoms. The van der Waals surface area contributed by atoms with Crippen LogP contribution in [0.5, 0.6) is 0 Å². The van der Waals surface area contributed by atoms with Crippen LogP contribution < -0.4 is 5.30 Å². The number of hydrogen-bond acceptors (Lipinski definition) is 1. The van der Waals surface area contributed by atoms with Gasteiger partial charge >= 0.3 is 0 Å². The lowest BCUT2D eigenvalue weighted by atomic mass is 9.78. The van der Waals surface area contributed by atoms with E-state index in [1.807, 2.05) is 24.9 Å². The van der Waals surface area contributed by atoms with Gasteiger partial charge in [-0.15, -0.1) is 0 Å². The number of rotatable bonds is 2. The molecule has 2 saturated carbocycles. The molecule has 116 valence electrons. The normalized spacial score (nSPS) is 27.4. The van der Waals surface area contributed by atoms with Gasteiger partial charge in [0.05, 0.1) is 0 Å². The van der Waals surface area contributed by atoms with E-state index >= 15 is 0 Å². The molecule has 0 heterocycles. The second kappa shape index (κ2) is 5.53. The molecule has 1 aromatic rings. The monoisotopic (exact) mass is 312 g/mol. The largest absolute Gasteiger partial charge is 0.314 e. The zero-order chi connectivity index (χ0) is 15.2. The zero-order valence-electron chi connectivity index (χ0n) is 13.5. The fourth-order valence-electron chi connectivity index (χ4n) is 4.77. The minimum atomic E-state index is -2.41. The smallest absolute Gasteiger partial charge is 0.136 e. The highest BCUT2D eigenvalue weighted by atomic mass is 31.2. The molecule has 0 N–H and O–H groups in total. The first kappa shape index (κ1) is 14.5. The van der Waals surface area contributed by atoms with Crippen LogP contribution in [0.4, 0.5) is 0 Å². The standard InChI is InChI=1S/C20H25OP/c1-22(21,16-9-3-2-4-10-16)20-14-15-8-7-13-17(15)18-11-5-6-12-19(18)20/h2-4,9-10,15H,5-8,11-14H2,1H3/t15-,22?/m1/s1. The molecular formula is C20H25OP. The van der Waals surface area contributed by atoms with E-state index in [1.165, 1.54) is 49.4 Å². The molecule has 2 heteroatoms. The van der Waals surface area contributed by atoms with Gasteiger partial charge in [-0.2, -0.15) is 0 Å². The van der Waals surface area contributed by atoms with Crippen molar-refractivity contribution in [3.05, 3.63) is 52.4 Å². The Morgan fingerprint density at radius 2 is 1.68 bits per heavy atom. The summed E-state index contributed by atoms with van der Waals surface area (Å²) in [6, 6.07) is 10.2. The Kier molecular flexibility index (Phi) is 3.65. The predicted molar refractivity (Wildman–Crippen MR) is 94.1 cm³/mol. The van der Waals surface area contributed by atoms with Crippen molar-refractivity contribution in [2.75, 3.05) is 6.66 Å². The fourth-order valence-corrected chi connectivity index (χ4v) is 7.16. The lowest BCUT2D eigenvalue weighted by Crippen LogP contribution is -2.18. The molecule has 0 aliphatic heterocycles. The zero-order valence-corrected chi connectivity index (χ0v) is 14.4.